The van der Waals surface area contributed by atoms with Gasteiger partial charge in [-0.1, -0.05) is 30.3 Å². The fraction of sp³-hybridized carbons (Fsp3) is 0.696. The van der Waals surface area contributed by atoms with E-state index in [4.69, 9.17) is 9.47 Å². The van der Waals surface area contributed by atoms with Gasteiger partial charge >= 0.3 is 0 Å². The largest absolute Gasteiger partial charge is 0.381 e. The molecule has 6 nitrogen and oxygen atoms in total. The first kappa shape index (κ1) is 23.6. The van der Waals surface area contributed by atoms with Crippen LogP contribution in [0.1, 0.15) is 38.2 Å². The van der Waals surface area contributed by atoms with E-state index in [2.05, 4.69) is 64.8 Å². The summed E-state index contributed by atoms with van der Waals surface area (Å²) in [4.78, 5) is 7.02. The maximum atomic E-state index is 5.82. The van der Waals surface area contributed by atoms with Crippen LogP contribution >= 0.6 is 0 Å². The normalized spacial score (nSPS) is 15.6. The Balaban J connectivity index is 1.53. The number of nitrogens with one attached hydrogen (secondary N) is 2. The van der Waals surface area contributed by atoms with Gasteiger partial charge in [-0.25, -0.2) is 0 Å². The molecule has 0 radical (unpaired) electrons. The molecular weight excluding hydrogens is 364 g/mol. The summed E-state index contributed by atoms with van der Waals surface area (Å²) in [6.45, 7) is 10.1. The number of hydrogen-bond acceptors (Lipinski definition) is 4. The number of nitrogens with zero attached hydrogens (tertiary/aromatic N) is 2. The molecule has 6 heteroatoms. The van der Waals surface area contributed by atoms with E-state index < -0.39 is 0 Å². The predicted molar refractivity (Wildman–Crippen MR) is 120 cm³/mol. The summed E-state index contributed by atoms with van der Waals surface area (Å²) >= 11 is 0. The molecule has 2 rings (SSSR count). The van der Waals surface area contributed by atoms with Crippen LogP contribution in [0.5, 0.6) is 0 Å². The van der Waals surface area contributed by atoms with Gasteiger partial charge in [0.1, 0.15) is 0 Å². The third-order valence-electron chi connectivity index (χ3n) is 5.06. The Morgan fingerprint density at radius 1 is 1.17 bits per heavy atom. The number of aliphatic imine (C=N–C) groups is 1. The monoisotopic (exact) mass is 404 g/mol. The minimum Gasteiger partial charge on any atom is -0.381 e. The number of rotatable bonds is 13. The Hall–Kier alpha value is -1.63. The molecule has 0 atom stereocenters. The lowest BCUT2D eigenvalue weighted by molar-refractivity contribution is 0.0205. The van der Waals surface area contributed by atoms with Crippen LogP contribution in [-0.2, 0) is 16.0 Å². The van der Waals surface area contributed by atoms with Crippen molar-refractivity contribution in [1.29, 1.82) is 0 Å². The third kappa shape index (κ3) is 11.2. The van der Waals surface area contributed by atoms with Crippen molar-refractivity contribution in [3.8, 4) is 0 Å². The molecule has 0 spiro atoms. The number of hydrogen-bond donors (Lipinski definition) is 2. The molecule has 1 aliphatic heterocycles. The van der Waals surface area contributed by atoms with E-state index in [9.17, 15) is 0 Å². The van der Waals surface area contributed by atoms with Crippen LogP contribution in [0.3, 0.4) is 0 Å². The molecule has 29 heavy (non-hydrogen) atoms. The Labute approximate surface area is 177 Å². The van der Waals surface area contributed by atoms with E-state index in [0.717, 1.165) is 90.8 Å². The molecule has 2 N–H and O–H groups in total. The molecule has 0 aliphatic carbocycles. The molecule has 0 aromatic heterocycles. The van der Waals surface area contributed by atoms with Crippen LogP contribution in [0.2, 0.25) is 0 Å². The zero-order valence-corrected chi connectivity index (χ0v) is 18.4. The second-order valence-corrected chi connectivity index (χ2v) is 7.75. The van der Waals surface area contributed by atoms with Crippen molar-refractivity contribution in [1.82, 2.24) is 15.5 Å². The highest BCUT2D eigenvalue weighted by atomic mass is 16.5. The fourth-order valence-electron chi connectivity index (χ4n) is 3.39. The maximum Gasteiger partial charge on any atom is 0.191 e. The molecule has 1 aromatic rings. The molecule has 1 aliphatic rings. The summed E-state index contributed by atoms with van der Waals surface area (Å²) in [5.74, 6) is 1.58. The summed E-state index contributed by atoms with van der Waals surface area (Å²) in [6, 6.07) is 10.6. The van der Waals surface area contributed by atoms with Gasteiger partial charge < -0.3 is 25.0 Å². The first-order chi connectivity index (χ1) is 14.3. The second-order valence-electron chi connectivity index (χ2n) is 7.75. The molecule has 0 unspecified atom stereocenters. The summed E-state index contributed by atoms with van der Waals surface area (Å²) in [5.41, 5.74) is 1.36. The zero-order valence-electron chi connectivity index (χ0n) is 18.4. The van der Waals surface area contributed by atoms with Gasteiger partial charge in [0, 0.05) is 52.6 Å². The third-order valence-corrected chi connectivity index (χ3v) is 5.06. The van der Waals surface area contributed by atoms with Crippen molar-refractivity contribution in [3.05, 3.63) is 35.9 Å². The van der Waals surface area contributed by atoms with Crippen LogP contribution in [0.4, 0.5) is 0 Å². The highest BCUT2D eigenvalue weighted by molar-refractivity contribution is 5.79. The summed E-state index contributed by atoms with van der Waals surface area (Å²) in [6.07, 6.45) is 4.31. The van der Waals surface area contributed by atoms with Gasteiger partial charge in [-0.05, 0) is 57.7 Å². The van der Waals surface area contributed by atoms with Crippen LogP contribution in [0.25, 0.3) is 0 Å². The van der Waals surface area contributed by atoms with Crippen LogP contribution < -0.4 is 10.6 Å². The Bertz CT molecular complexity index is 547. The highest BCUT2D eigenvalue weighted by Gasteiger charge is 2.13. The van der Waals surface area contributed by atoms with Crippen molar-refractivity contribution in [2.24, 2.45) is 10.9 Å². The van der Waals surface area contributed by atoms with Crippen molar-refractivity contribution >= 4 is 5.96 Å². The van der Waals surface area contributed by atoms with Crippen LogP contribution in [0, 0.1) is 5.92 Å². The number of guanidine groups is 1. The molecule has 1 fully saturated rings. The fourth-order valence-corrected chi connectivity index (χ4v) is 3.39. The summed E-state index contributed by atoms with van der Waals surface area (Å²) < 4.78 is 11.2. The lowest BCUT2D eigenvalue weighted by atomic mass is 10.0. The maximum absolute atomic E-state index is 5.82. The first-order valence-electron chi connectivity index (χ1n) is 11.2. The van der Waals surface area contributed by atoms with E-state index in [1.807, 2.05) is 0 Å². The SMILES string of the molecule is CCNC(=NCCCOCC1CCOCC1)NCCCN(C)Cc1ccccc1. The van der Waals surface area contributed by atoms with Crippen molar-refractivity contribution in [2.75, 3.05) is 59.7 Å². The molecule has 0 amide bonds. The molecule has 0 saturated carbocycles. The minimum atomic E-state index is 0.672. The lowest BCUT2D eigenvalue weighted by Gasteiger charge is -2.21. The molecule has 1 aromatic carbocycles. The lowest BCUT2D eigenvalue weighted by Crippen LogP contribution is -2.38. The van der Waals surface area contributed by atoms with Gasteiger partial charge in [-0.15, -0.1) is 0 Å². The van der Waals surface area contributed by atoms with Gasteiger partial charge in [-0.3, -0.25) is 4.99 Å². The van der Waals surface area contributed by atoms with Gasteiger partial charge in [-0.2, -0.15) is 0 Å². The topological polar surface area (TPSA) is 58.1 Å². The van der Waals surface area contributed by atoms with Crippen molar-refractivity contribution in [3.63, 3.8) is 0 Å². The van der Waals surface area contributed by atoms with Gasteiger partial charge in [0.2, 0.25) is 0 Å². The quantitative estimate of drug-likeness (QED) is 0.301. The van der Waals surface area contributed by atoms with Gasteiger partial charge in [0.25, 0.3) is 0 Å². The van der Waals surface area contributed by atoms with E-state index in [1.165, 1.54) is 5.56 Å². The summed E-state index contributed by atoms with van der Waals surface area (Å²) in [5, 5.41) is 6.76. The Morgan fingerprint density at radius 3 is 2.72 bits per heavy atom. The predicted octanol–water partition coefficient (Wildman–Crippen LogP) is 2.90. The molecule has 164 valence electrons. The Kier molecular flexibility index (Phi) is 12.4. The minimum absolute atomic E-state index is 0.672. The van der Waals surface area contributed by atoms with Crippen LogP contribution in [-0.4, -0.2) is 70.5 Å². The second kappa shape index (κ2) is 15.2. The average molecular weight is 405 g/mol. The first-order valence-corrected chi connectivity index (χ1v) is 11.2. The molecule has 1 saturated heterocycles. The van der Waals surface area contributed by atoms with Crippen LogP contribution in [0.15, 0.2) is 35.3 Å². The van der Waals surface area contributed by atoms with E-state index >= 15 is 0 Å². The van der Waals surface area contributed by atoms with Crippen molar-refractivity contribution < 1.29 is 9.47 Å². The van der Waals surface area contributed by atoms with E-state index in [-0.39, 0.29) is 0 Å². The number of ether oxygens (including phenoxy) is 2. The molecule has 1 heterocycles. The summed E-state index contributed by atoms with van der Waals surface area (Å²) in [7, 11) is 2.17. The highest BCUT2D eigenvalue weighted by Crippen LogP contribution is 2.14. The molecule has 0 bridgehead atoms. The van der Waals surface area contributed by atoms with Gasteiger partial charge in [0.05, 0.1) is 0 Å². The standard InChI is InChI=1S/C23H40N4O2/c1-3-24-23(26-14-8-16-29-20-22-11-17-28-18-12-22)25-13-7-15-27(2)19-21-9-5-4-6-10-21/h4-6,9-10,22H,3,7-8,11-20H2,1-2H3,(H2,24,25,26). The van der Waals surface area contributed by atoms with Gasteiger partial charge in [0.15, 0.2) is 5.96 Å². The Morgan fingerprint density at radius 2 is 1.97 bits per heavy atom. The molecular formula is C23H40N4O2. The number of benzene rings is 1. The van der Waals surface area contributed by atoms with E-state index in [0.29, 0.717) is 5.92 Å². The average Bonchev–Trinajstić information content (AvgIpc) is 2.75. The van der Waals surface area contributed by atoms with Crippen molar-refractivity contribution in [2.45, 2.75) is 39.2 Å². The smallest absolute Gasteiger partial charge is 0.191 e. The zero-order chi connectivity index (χ0) is 20.6. The van der Waals surface area contributed by atoms with E-state index in [1.54, 1.807) is 0 Å².